The highest BCUT2D eigenvalue weighted by atomic mass is 19.4. The standard InChI is InChI=1S/C25H29F3N4O2/c1-16(2)14-33-20-10-8-18(9-11-20)31-24-29-13-22(25(26,27)28)23(32-24)30-19-6-5-7-21(12-19)34-15-17(3)4/h5-13,16-17H,14-15H2,1-4H3,(H2,29,30,31,32). The molecule has 3 rings (SSSR count). The second kappa shape index (κ2) is 11.1. The summed E-state index contributed by atoms with van der Waals surface area (Å²) in [6.07, 6.45) is -3.86. The Labute approximate surface area is 197 Å². The molecular formula is C25H29F3N4O2. The SMILES string of the molecule is CC(C)COc1ccc(Nc2ncc(C(F)(F)F)c(Nc3cccc(OCC(C)C)c3)n2)cc1. The fourth-order valence-corrected chi connectivity index (χ4v) is 2.83. The molecule has 2 N–H and O–H groups in total. The lowest BCUT2D eigenvalue weighted by atomic mass is 10.2. The van der Waals surface area contributed by atoms with Gasteiger partial charge in [-0.1, -0.05) is 33.8 Å². The van der Waals surface area contributed by atoms with E-state index in [1.165, 1.54) is 0 Å². The first kappa shape index (κ1) is 25.1. The van der Waals surface area contributed by atoms with Crippen LogP contribution < -0.4 is 20.1 Å². The van der Waals surface area contributed by atoms with Crippen LogP contribution in [0.5, 0.6) is 11.5 Å². The van der Waals surface area contributed by atoms with Crippen molar-refractivity contribution in [1.82, 2.24) is 9.97 Å². The number of anilines is 4. The molecule has 0 atom stereocenters. The average molecular weight is 475 g/mol. The zero-order chi connectivity index (χ0) is 24.7. The van der Waals surface area contributed by atoms with Crippen molar-refractivity contribution < 1.29 is 22.6 Å². The maximum atomic E-state index is 13.6. The van der Waals surface area contributed by atoms with Crippen molar-refractivity contribution in [2.24, 2.45) is 11.8 Å². The second-order valence-electron chi connectivity index (χ2n) is 8.67. The van der Waals surface area contributed by atoms with Gasteiger partial charge in [0.2, 0.25) is 5.95 Å². The van der Waals surface area contributed by atoms with E-state index in [4.69, 9.17) is 9.47 Å². The van der Waals surface area contributed by atoms with Crippen LogP contribution in [0.4, 0.5) is 36.3 Å². The Morgan fingerprint density at radius 3 is 2.09 bits per heavy atom. The molecule has 0 aliphatic heterocycles. The van der Waals surface area contributed by atoms with Gasteiger partial charge in [-0.05, 0) is 48.2 Å². The van der Waals surface area contributed by atoms with Crippen LogP contribution in [0, 0.1) is 11.8 Å². The summed E-state index contributed by atoms with van der Waals surface area (Å²) >= 11 is 0. The molecule has 0 unspecified atom stereocenters. The number of rotatable bonds is 10. The lowest BCUT2D eigenvalue weighted by Gasteiger charge is -2.16. The van der Waals surface area contributed by atoms with E-state index in [0.717, 1.165) is 6.20 Å². The molecule has 0 radical (unpaired) electrons. The van der Waals surface area contributed by atoms with Crippen LogP contribution in [0.1, 0.15) is 33.3 Å². The zero-order valence-corrected chi connectivity index (χ0v) is 19.6. The van der Waals surface area contributed by atoms with Gasteiger partial charge >= 0.3 is 6.18 Å². The molecule has 0 saturated carbocycles. The highest BCUT2D eigenvalue weighted by Crippen LogP contribution is 2.35. The molecule has 3 aromatic rings. The Hall–Kier alpha value is -3.49. The van der Waals surface area contributed by atoms with Crippen LogP contribution in [0.2, 0.25) is 0 Å². The topological polar surface area (TPSA) is 68.3 Å². The normalized spacial score (nSPS) is 11.6. The van der Waals surface area contributed by atoms with Crippen molar-refractivity contribution >= 4 is 23.1 Å². The number of alkyl halides is 3. The van der Waals surface area contributed by atoms with Gasteiger partial charge < -0.3 is 20.1 Å². The molecule has 0 fully saturated rings. The summed E-state index contributed by atoms with van der Waals surface area (Å²) in [5.74, 6) is 1.64. The number of nitrogens with zero attached hydrogens (tertiary/aromatic N) is 2. The van der Waals surface area contributed by atoms with Gasteiger partial charge in [0.05, 0.1) is 13.2 Å². The summed E-state index contributed by atoms with van der Waals surface area (Å²) in [5.41, 5.74) is 0.0683. The minimum absolute atomic E-state index is 0.0264. The number of benzene rings is 2. The van der Waals surface area contributed by atoms with Crippen molar-refractivity contribution in [3.8, 4) is 11.5 Å². The molecule has 6 nitrogen and oxygen atoms in total. The van der Waals surface area contributed by atoms with Gasteiger partial charge in [0.15, 0.2) is 0 Å². The Morgan fingerprint density at radius 1 is 0.824 bits per heavy atom. The highest BCUT2D eigenvalue weighted by molar-refractivity contribution is 5.64. The summed E-state index contributed by atoms with van der Waals surface area (Å²) < 4.78 is 52.1. The van der Waals surface area contributed by atoms with Crippen molar-refractivity contribution in [3.05, 3.63) is 60.3 Å². The maximum absolute atomic E-state index is 13.6. The minimum Gasteiger partial charge on any atom is -0.493 e. The van der Waals surface area contributed by atoms with E-state index in [2.05, 4.69) is 34.4 Å². The Morgan fingerprint density at radius 2 is 1.47 bits per heavy atom. The van der Waals surface area contributed by atoms with Gasteiger partial charge in [-0.3, -0.25) is 0 Å². The molecule has 0 spiro atoms. The van der Waals surface area contributed by atoms with Gasteiger partial charge in [-0.15, -0.1) is 0 Å². The first-order valence-electron chi connectivity index (χ1n) is 11.0. The Kier molecular flexibility index (Phi) is 8.20. The summed E-state index contributed by atoms with van der Waals surface area (Å²) in [6.45, 7) is 9.23. The van der Waals surface area contributed by atoms with Crippen LogP contribution in [-0.4, -0.2) is 23.2 Å². The van der Waals surface area contributed by atoms with E-state index in [0.29, 0.717) is 47.9 Å². The van der Waals surface area contributed by atoms with E-state index >= 15 is 0 Å². The van der Waals surface area contributed by atoms with E-state index < -0.39 is 11.7 Å². The van der Waals surface area contributed by atoms with E-state index in [1.54, 1.807) is 48.5 Å². The smallest absolute Gasteiger partial charge is 0.421 e. The predicted molar refractivity (Wildman–Crippen MR) is 127 cm³/mol. The maximum Gasteiger partial charge on any atom is 0.421 e. The van der Waals surface area contributed by atoms with Crippen LogP contribution in [0.15, 0.2) is 54.7 Å². The number of aromatic nitrogens is 2. The summed E-state index contributed by atoms with van der Waals surface area (Å²) in [6, 6.07) is 13.8. The van der Waals surface area contributed by atoms with Crippen LogP contribution in [0.3, 0.4) is 0 Å². The average Bonchev–Trinajstić information content (AvgIpc) is 2.77. The number of ether oxygens (including phenoxy) is 2. The van der Waals surface area contributed by atoms with E-state index in [9.17, 15) is 13.2 Å². The summed E-state index contributed by atoms with van der Waals surface area (Å²) in [4.78, 5) is 7.94. The number of halogens is 3. The van der Waals surface area contributed by atoms with Crippen LogP contribution in [-0.2, 0) is 6.18 Å². The Balaban J connectivity index is 1.80. The number of nitrogens with one attached hydrogen (secondary N) is 2. The van der Waals surface area contributed by atoms with Gasteiger partial charge in [-0.2, -0.15) is 18.2 Å². The third kappa shape index (κ3) is 7.54. The first-order valence-corrected chi connectivity index (χ1v) is 11.0. The minimum atomic E-state index is -4.62. The molecule has 34 heavy (non-hydrogen) atoms. The molecule has 0 bridgehead atoms. The first-order chi connectivity index (χ1) is 16.1. The summed E-state index contributed by atoms with van der Waals surface area (Å²) in [5, 5.41) is 5.69. The number of hydrogen-bond acceptors (Lipinski definition) is 6. The molecule has 1 heterocycles. The van der Waals surface area contributed by atoms with Crippen LogP contribution >= 0.6 is 0 Å². The van der Waals surface area contributed by atoms with Gasteiger partial charge in [0, 0.05) is 23.6 Å². The van der Waals surface area contributed by atoms with E-state index in [-0.39, 0.29) is 11.8 Å². The Bertz CT molecular complexity index is 1070. The van der Waals surface area contributed by atoms with Crippen LogP contribution in [0.25, 0.3) is 0 Å². The third-order valence-corrected chi connectivity index (χ3v) is 4.47. The zero-order valence-electron chi connectivity index (χ0n) is 19.6. The monoisotopic (exact) mass is 474 g/mol. The van der Waals surface area contributed by atoms with E-state index in [1.807, 2.05) is 13.8 Å². The molecule has 1 aromatic heterocycles. The molecule has 2 aromatic carbocycles. The molecule has 182 valence electrons. The van der Waals surface area contributed by atoms with Gasteiger partial charge in [0.25, 0.3) is 0 Å². The lowest BCUT2D eigenvalue weighted by Crippen LogP contribution is -2.12. The van der Waals surface area contributed by atoms with Gasteiger partial charge in [0.1, 0.15) is 22.9 Å². The molecule has 0 aliphatic rings. The van der Waals surface area contributed by atoms with Gasteiger partial charge in [-0.25, -0.2) is 4.98 Å². The molecule has 0 saturated heterocycles. The largest absolute Gasteiger partial charge is 0.493 e. The predicted octanol–water partition coefficient (Wildman–Crippen LogP) is 7.05. The number of hydrogen-bond donors (Lipinski definition) is 2. The van der Waals surface area contributed by atoms with Crippen molar-refractivity contribution in [3.63, 3.8) is 0 Å². The molecular weight excluding hydrogens is 445 g/mol. The summed E-state index contributed by atoms with van der Waals surface area (Å²) in [7, 11) is 0. The van der Waals surface area contributed by atoms with Crippen molar-refractivity contribution in [2.45, 2.75) is 33.9 Å². The molecule has 9 heteroatoms. The molecule has 0 amide bonds. The quantitative estimate of drug-likeness (QED) is 0.328. The molecule has 0 aliphatic carbocycles. The van der Waals surface area contributed by atoms with Crippen molar-refractivity contribution in [1.29, 1.82) is 0 Å². The highest BCUT2D eigenvalue weighted by Gasteiger charge is 2.35. The van der Waals surface area contributed by atoms with Crippen molar-refractivity contribution in [2.75, 3.05) is 23.8 Å². The third-order valence-electron chi connectivity index (χ3n) is 4.47. The lowest BCUT2D eigenvalue weighted by molar-refractivity contribution is -0.137. The second-order valence-corrected chi connectivity index (χ2v) is 8.67. The fourth-order valence-electron chi connectivity index (χ4n) is 2.83. The fraction of sp³-hybridized carbons (Fsp3) is 0.360.